The van der Waals surface area contributed by atoms with E-state index in [0.717, 1.165) is 31.1 Å². The third kappa shape index (κ3) is 6.14. The molecule has 1 unspecified atom stereocenters. The van der Waals surface area contributed by atoms with Crippen molar-refractivity contribution in [2.75, 3.05) is 38.7 Å². The topological polar surface area (TPSA) is 48.9 Å². The second-order valence-electron chi connectivity index (χ2n) is 7.61. The first-order chi connectivity index (χ1) is 14.2. The molecule has 0 amide bonds. The van der Waals surface area contributed by atoms with Crippen molar-refractivity contribution >= 4 is 11.6 Å². The second-order valence-corrected chi connectivity index (χ2v) is 7.61. The fourth-order valence-electron chi connectivity index (χ4n) is 3.78. The number of nitrogens with zero attached hydrogens (tertiary/aromatic N) is 2. The summed E-state index contributed by atoms with van der Waals surface area (Å²) in [5.41, 5.74) is 3.91. The average Bonchev–Trinajstić information content (AvgIpc) is 3.31. The van der Waals surface area contributed by atoms with Crippen LogP contribution < -0.4 is 20.3 Å². The van der Waals surface area contributed by atoms with Crippen molar-refractivity contribution in [1.82, 2.24) is 10.6 Å². The maximum atomic E-state index is 5.30. The van der Waals surface area contributed by atoms with Gasteiger partial charge in [0.1, 0.15) is 5.75 Å². The van der Waals surface area contributed by atoms with Gasteiger partial charge in [0.25, 0.3) is 0 Å². The minimum Gasteiger partial charge on any atom is -0.497 e. The lowest BCUT2D eigenvalue weighted by molar-refractivity contribution is 0.414. The molecule has 1 atom stereocenters. The Hall–Kier alpha value is -2.69. The number of nitrogens with one attached hydrogen (secondary N) is 2. The van der Waals surface area contributed by atoms with Gasteiger partial charge in [-0.3, -0.25) is 4.99 Å². The van der Waals surface area contributed by atoms with E-state index in [1.165, 1.54) is 42.7 Å². The summed E-state index contributed by atoms with van der Waals surface area (Å²) in [7, 11) is 3.53. The molecule has 0 saturated carbocycles. The number of ether oxygens (including phenoxy) is 1. The van der Waals surface area contributed by atoms with E-state index < -0.39 is 0 Å². The molecule has 2 aromatic carbocycles. The Balaban J connectivity index is 1.47. The van der Waals surface area contributed by atoms with Gasteiger partial charge in [0.05, 0.1) is 13.2 Å². The molecule has 1 fully saturated rings. The Morgan fingerprint density at radius 1 is 1.14 bits per heavy atom. The summed E-state index contributed by atoms with van der Waals surface area (Å²) < 4.78 is 5.30. The first-order valence-electron chi connectivity index (χ1n) is 10.6. The predicted octanol–water partition coefficient (Wildman–Crippen LogP) is 4.15. The Morgan fingerprint density at radius 2 is 1.93 bits per heavy atom. The fourth-order valence-corrected chi connectivity index (χ4v) is 3.78. The maximum Gasteiger partial charge on any atom is 0.191 e. The molecule has 0 bridgehead atoms. The number of methoxy groups -OCH3 is 1. The van der Waals surface area contributed by atoms with Gasteiger partial charge in [0.2, 0.25) is 0 Å². The summed E-state index contributed by atoms with van der Waals surface area (Å²) in [6.07, 6.45) is 4.63. The zero-order valence-corrected chi connectivity index (χ0v) is 17.9. The summed E-state index contributed by atoms with van der Waals surface area (Å²) >= 11 is 0. The van der Waals surface area contributed by atoms with E-state index in [2.05, 4.69) is 63.8 Å². The molecule has 2 N–H and O–H groups in total. The smallest absolute Gasteiger partial charge is 0.191 e. The molecular formula is C24H34N4O. The molecule has 0 spiro atoms. The van der Waals surface area contributed by atoms with Gasteiger partial charge >= 0.3 is 0 Å². The van der Waals surface area contributed by atoms with Crippen LogP contribution in [0, 0.1) is 0 Å². The Kier molecular flexibility index (Phi) is 7.79. The second kappa shape index (κ2) is 10.7. The summed E-state index contributed by atoms with van der Waals surface area (Å²) in [6.45, 7) is 5.40. The highest BCUT2D eigenvalue weighted by Crippen LogP contribution is 2.24. The van der Waals surface area contributed by atoms with Crippen LogP contribution in [0.5, 0.6) is 5.75 Å². The number of anilines is 1. The molecule has 5 nitrogen and oxygen atoms in total. The van der Waals surface area contributed by atoms with Crippen LogP contribution in [-0.4, -0.2) is 39.8 Å². The standard InChI is InChI=1S/C24H34N4O/c1-19(21-11-7-12-22(18-21)28-15-4-5-16-28)27-24(25-2)26-14-8-10-20-9-6-13-23(17-20)29-3/h6-7,9,11-13,17-19H,4-5,8,10,14-16H2,1-3H3,(H2,25,26,27). The molecule has 156 valence electrons. The normalized spacial score (nSPS) is 15.3. The molecule has 1 saturated heterocycles. The lowest BCUT2D eigenvalue weighted by atomic mass is 10.1. The first kappa shape index (κ1) is 21.0. The van der Waals surface area contributed by atoms with Crippen molar-refractivity contribution < 1.29 is 4.74 Å². The number of guanidine groups is 1. The third-order valence-corrected chi connectivity index (χ3v) is 5.49. The molecule has 5 heteroatoms. The van der Waals surface area contributed by atoms with Gasteiger partial charge in [-0.15, -0.1) is 0 Å². The van der Waals surface area contributed by atoms with E-state index in [1.54, 1.807) is 7.11 Å². The lowest BCUT2D eigenvalue weighted by Gasteiger charge is -2.22. The van der Waals surface area contributed by atoms with Crippen molar-refractivity contribution in [1.29, 1.82) is 0 Å². The highest BCUT2D eigenvalue weighted by Gasteiger charge is 2.14. The molecular weight excluding hydrogens is 360 g/mol. The molecule has 3 rings (SSSR count). The van der Waals surface area contributed by atoms with Gasteiger partial charge in [-0.2, -0.15) is 0 Å². The van der Waals surface area contributed by atoms with Crippen LogP contribution in [0.25, 0.3) is 0 Å². The van der Waals surface area contributed by atoms with Crippen LogP contribution in [0.1, 0.15) is 43.4 Å². The average molecular weight is 395 g/mol. The van der Waals surface area contributed by atoms with E-state index in [4.69, 9.17) is 4.74 Å². The summed E-state index contributed by atoms with van der Waals surface area (Å²) in [4.78, 5) is 6.86. The number of rotatable bonds is 8. The molecule has 1 heterocycles. The van der Waals surface area contributed by atoms with Crippen LogP contribution in [0.3, 0.4) is 0 Å². The van der Waals surface area contributed by atoms with Crippen LogP contribution in [0.4, 0.5) is 5.69 Å². The SMILES string of the molecule is CN=C(NCCCc1cccc(OC)c1)NC(C)c1cccc(N2CCCC2)c1. The quantitative estimate of drug-likeness (QED) is 0.401. The zero-order valence-electron chi connectivity index (χ0n) is 17.9. The van der Waals surface area contributed by atoms with Gasteiger partial charge in [-0.1, -0.05) is 24.3 Å². The van der Waals surface area contributed by atoms with Crippen molar-refractivity contribution in [3.63, 3.8) is 0 Å². The van der Waals surface area contributed by atoms with Crippen molar-refractivity contribution in [3.05, 3.63) is 59.7 Å². The fraction of sp³-hybridized carbons (Fsp3) is 0.458. The number of aliphatic imine (C=N–C) groups is 1. The van der Waals surface area contributed by atoms with Crippen LogP contribution in [-0.2, 0) is 6.42 Å². The molecule has 0 aliphatic carbocycles. The van der Waals surface area contributed by atoms with Gasteiger partial charge in [-0.25, -0.2) is 0 Å². The monoisotopic (exact) mass is 394 g/mol. The maximum absolute atomic E-state index is 5.30. The van der Waals surface area contributed by atoms with Crippen LogP contribution >= 0.6 is 0 Å². The summed E-state index contributed by atoms with van der Waals surface area (Å²) in [5.74, 6) is 1.76. The van der Waals surface area contributed by atoms with Crippen molar-refractivity contribution in [2.24, 2.45) is 4.99 Å². The zero-order chi connectivity index (χ0) is 20.5. The van der Waals surface area contributed by atoms with Gasteiger partial charge in [0.15, 0.2) is 5.96 Å². The Bertz CT molecular complexity index is 799. The minimum absolute atomic E-state index is 0.196. The molecule has 29 heavy (non-hydrogen) atoms. The van der Waals surface area contributed by atoms with E-state index in [0.29, 0.717) is 0 Å². The van der Waals surface area contributed by atoms with Crippen LogP contribution in [0.2, 0.25) is 0 Å². The minimum atomic E-state index is 0.196. The van der Waals surface area contributed by atoms with Crippen molar-refractivity contribution in [3.8, 4) is 5.75 Å². The van der Waals surface area contributed by atoms with Gasteiger partial charge < -0.3 is 20.3 Å². The Morgan fingerprint density at radius 3 is 2.69 bits per heavy atom. The number of hydrogen-bond donors (Lipinski definition) is 2. The van der Waals surface area contributed by atoms with Gasteiger partial charge in [-0.05, 0) is 68.0 Å². The summed E-state index contributed by atoms with van der Waals surface area (Å²) in [5, 5.41) is 6.95. The number of aryl methyl sites for hydroxylation is 1. The largest absolute Gasteiger partial charge is 0.497 e. The third-order valence-electron chi connectivity index (χ3n) is 5.49. The van der Waals surface area contributed by atoms with Crippen molar-refractivity contribution in [2.45, 2.75) is 38.6 Å². The van der Waals surface area contributed by atoms with E-state index >= 15 is 0 Å². The highest BCUT2D eigenvalue weighted by atomic mass is 16.5. The van der Waals surface area contributed by atoms with E-state index in [-0.39, 0.29) is 6.04 Å². The number of benzene rings is 2. The molecule has 1 aliphatic heterocycles. The van der Waals surface area contributed by atoms with Crippen LogP contribution in [0.15, 0.2) is 53.5 Å². The lowest BCUT2D eigenvalue weighted by Crippen LogP contribution is -2.39. The molecule has 0 aromatic heterocycles. The predicted molar refractivity (Wildman–Crippen MR) is 122 cm³/mol. The Labute approximate surface area is 175 Å². The van der Waals surface area contributed by atoms with Gasteiger partial charge in [0, 0.05) is 32.4 Å². The first-order valence-corrected chi connectivity index (χ1v) is 10.6. The summed E-state index contributed by atoms with van der Waals surface area (Å²) in [6, 6.07) is 17.3. The molecule has 0 radical (unpaired) electrons. The van der Waals surface area contributed by atoms with E-state index in [1.807, 2.05) is 19.2 Å². The molecule has 1 aliphatic rings. The highest BCUT2D eigenvalue weighted by molar-refractivity contribution is 5.80. The van der Waals surface area contributed by atoms with E-state index in [9.17, 15) is 0 Å². The molecule has 2 aromatic rings. The number of hydrogen-bond acceptors (Lipinski definition) is 3.